The van der Waals surface area contributed by atoms with E-state index in [0.29, 0.717) is 17.8 Å². The lowest BCUT2D eigenvalue weighted by atomic mass is 9.69. The summed E-state index contributed by atoms with van der Waals surface area (Å²) in [5.41, 5.74) is 5.16. The van der Waals surface area contributed by atoms with Gasteiger partial charge in [-0.3, -0.25) is 19.8 Å². The van der Waals surface area contributed by atoms with Gasteiger partial charge in [-0.05, 0) is 28.5 Å². The third kappa shape index (κ3) is 2.94. The van der Waals surface area contributed by atoms with Gasteiger partial charge in [0, 0.05) is 23.6 Å². The fourth-order valence-corrected chi connectivity index (χ4v) is 4.65. The molecule has 1 aliphatic carbocycles. The lowest BCUT2D eigenvalue weighted by molar-refractivity contribution is -0.118. The third-order valence-corrected chi connectivity index (χ3v) is 5.94. The van der Waals surface area contributed by atoms with Gasteiger partial charge in [-0.1, -0.05) is 68.4 Å². The highest BCUT2D eigenvalue weighted by molar-refractivity contribution is 6.01. The molecule has 5 rings (SSSR count). The van der Waals surface area contributed by atoms with Crippen LogP contribution >= 0.6 is 0 Å². The van der Waals surface area contributed by atoms with Crippen LogP contribution in [0.25, 0.3) is 11.1 Å². The zero-order valence-electron chi connectivity index (χ0n) is 16.5. The molecule has 2 aromatic carbocycles. The van der Waals surface area contributed by atoms with E-state index in [4.69, 9.17) is 0 Å². The summed E-state index contributed by atoms with van der Waals surface area (Å²) in [7, 11) is 0. The van der Waals surface area contributed by atoms with Crippen molar-refractivity contribution in [2.75, 3.05) is 5.32 Å². The first-order chi connectivity index (χ1) is 13.9. The Balaban J connectivity index is 1.64. The lowest BCUT2D eigenvalue weighted by Crippen LogP contribution is -2.34. The highest BCUT2D eigenvalue weighted by Gasteiger charge is 2.42. The number of carbonyl (C=O) groups is 1. The van der Waals surface area contributed by atoms with Crippen LogP contribution in [0, 0.1) is 5.41 Å². The van der Waals surface area contributed by atoms with E-state index < -0.39 is 0 Å². The Hall–Kier alpha value is -3.34. The van der Waals surface area contributed by atoms with Gasteiger partial charge >= 0.3 is 0 Å². The van der Waals surface area contributed by atoms with Gasteiger partial charge in [-0.15, -0.1) is 0 Å². The summed E-state index contributed by atoms with van der Waals surface area (Å²) in [6, 6.07) is 18.4. The first-order valence-corrected chi connectivity index (χ1v) is 9.92. The standard InChI is InChI=1S/C24H23N3O2/c1-24(2)12-17-20(18(28)13-24)19(21-22(25-17)26-27-23(21)29)16-10-8-15(9-11-16)14-6-4-3-5-7-14/h3-11,19H,12-13H2,1-2H3,(H3,25,26,27,29). The second-order valence-electron chi connectivity index (χ2n) is 8.75. The molecule has 2 aliphatic rings. The third-order valence-electron chi connectivity index (χ3n) is 5.94. The van der Waals surface area contributed by atoms with E-state index >= 15 is 0 Å². The van der Waals surface area contributed by atoms with Gasteiger partial charge in [0.2, 0.25) is 0 Å². The van der Waals surface area contributed by atoms with Gasteiger partial charge in [-0.2, -0.15) is 0 Å². The molecular formula is C24H23N3O2. The van der Waals surface area contributed by atoms with Crippen molar-refractivity contribution in [2.24, 2.45) is 5.41 Å². The van der Waals surface area contributed by atoms with Crippen molar-refractivity contribution < 1.29 is 4.79 Å². The van der Waals surface area contributed by atoms with Crippen LogP contribution in [0.15, 0.2) is 70.7 Å². The number of hydrogen-bond acceptors (Lipinski definition) is 3. The number of ketones is 1. The number of fused-ring (bicyclic) bond motifs is 1. The van der Waals surface area contributed by atoms with Crippen LogP contribution in [0.5, 0.6) is 0 Å². The molecule has 1 aliphatic heterocycles. The Morgan fingerprint density at radius 2 is 1.55 bits per heavy atom. The van der Waals surface area contributed by atoms with Crippen LogP contribution in [0.3, 0.4) is 0 Å². The van der Waals surface area contributed by atoms with Crippen molar-refractivity contribution in [3.05, 3.63) is 87.3 Å². The fraction of sp³-hybridized carbons (Fsp3) is 0.250. The van der Waals surface area contributed by atoms with E-state index in [9.17, 15) is 9.59 Å². The monoisotopic (exact) mass is 385 g/mol. The predicted molar refractivity (Wildman–Crippen MR) is 114 cm³/mol. The number of anilines is 1. The van der Waals surface area contributed by atoms with Gasteiger partial charge in [0.05, 0.1) is 5.56 Å². The van der Waals surface area contributed by atoms with Crippen LogP contribution in [-0.2, 0) is 4.79 Å². The molecule has 29 heavy (non-hydrogen) atoms. The van der Waals surface area contributed by atoms with Gasteiger partial charge in [0.25, 0.3) is 5.56 Å². The van der Waals surface area contributed by atoms with Crippen LogP contribution < -0.4 is 10.9 Å². The summed E-state index contributed by atoms with van der Waals surface area (Å²) in [5, 5.41) is 8.94. The first-order valence-electron chi connectivity index (χ1n) is 9.92. The maximum absolute atomic E-state index is 13.1. The highest BCUT2D eigenvalue weighted by Crippen LogP contribution is 2.47. The Morgan fingerprint density at radius 3 is 2.28 bits per heavy atom. The Bertz CT molecular complexity index is 1180. The van der Waals surface area contributed by atoms with E-state index in [2.05, 4.69) is 53.6 Å². The van der Waals surface area contributed by atoms with Crippen LogP contribution in [0.4, 0.5) is 5.82 Å². The van der Waals surface area contributed by atoms with Crippen molar-refractivity contribution in [2.45, 2.75) is 32.6 Å². The fourth-order valence-electron chi connectivity index (χ4n) is 4.65. The summed E-state index contributed by atoms with van der Waals surface area (Å²) in [4.78, 5) is 25.7. The predicted octanol–water partition coefficient (Wildman–Crippen LogP) is 4.57. The first kappa shape index (κ1) is 17.7. The van der Waals surface area contributed by atoms with Crippen molar-refractivity contribution in [1.29, 1.82) is 0 Å². The van der Waals surface area contributed by atoms with Crippen LogP contribution in [0.2, 0.25) is 0 Å². The number of rotatable bonds is 2. The van der Waals surface area contributed by atoms with E-state index in [-0.39, 0.29) is 22.7 Å². The molecule has 3 aromatic rings. The molecular weight excluding hydrogens is 362 g/mol. The molecule has 0 amide bonds. The molecule has 2 heterocycles. The summed E-state index contributed by atoms with van der Waals surface area (Å²) in [5.74, 6) is 0.424. The molecule has 0 spiro atoms. The topological polar surface area (TPSA) is 77.8 Å². The number of nitrogens with one attached hydrogen (secondary N) is 3. The van der Waals surface area contributed by atoms with E-state index in [1.54, 1.807) is 0 Å². The molecule has 0 bridgehead atoms. The Labute approximate surface area is 168 Å². The second-order valence-corrected chi connectivity index (χ2v) is 8.75. The number of carbonyl (C=O) groups excluding carboxylic acids is 1. The summed E-state index contributed by atoms with van der Waals surface area (Å²) < 4.78 is 0. The average molecular weight is 385 g/mol. The molecule has 1 unspecified atom stereocenters. The molecule has 5 heteroatoms. The number of hydrogen-bond donors (Lipinski definition) is 3. The smallest absolute Gasteiger partial charge is 0.270 e. The normalized spacial score (nSPS) is 20.1. The van der Waals surface area contributed by atoms with E-state index in [1.165, 1.54) is 0 Å². The zero-order chi connectivity index (χ0) is 20.2. The summed E-state index contributed by atoms with van der Waals surface area (Å²) >= 11 is 0. The zero-order valence-corrected chi connectivity index (χ0v) is 16.5. The van der Waals surface area contributed by atoms with Crippen molar-refractivity contribution in [1.82, 2.24) is 10.2 Å². The number of benzene rings is 2. The van der Waals surface area contributed by atoms with E-state index in [0.717, 1.165) is 34.4 Å². The van der Waals surface area contributed by atoms with Crippen LogP contribution in [-0.4, -0.2) is 16.0 Å². The van der Waals surface area contributed by atoms with Gasteiger partial charge in [0.1, 0.15) is 5.82 Å². The number of aromatic nitrogens is 2. The summed E-state index contributed by atoms with van der Waals surface area (Å²) in [6.07, 6.45) is 1.27. The minimum atomic E-state index is -0.357. The number of Topliss-reactive ketones (excluding diaryl/α,β-unsaturated/α-hetero) is 1. The van der Waals surface area contributed by atoms with Gasteiger partial charge in [0.15, 0.2) is 5.78 Å². The molecule has 0 saturated heterocycles. The van der Waals surface area contributed by atoms with Gasteiger partial charge < -0.3 is 5.32 Å². The molecule has 3 N–H and O–H groups in total. The molecule has 0 radical (unpaired) electrons. The van der Waals surface area contributed by atoms with Crippen molar-refractivity contribution in [3.8, 4) is 11.1 Å². The van der Waals surface area contributed by atoms with Crippen molar-refractivity contribution >= 4 is 11.6 Å². The molecule has 1 atom stereocenters. The number of allylic oxidation sites excluding steroid dienone is 2. The molecule has 0 saturated carbocycles. The molecule has 5 nitrogen and oxygen atoms in total. The Morgan fingerprint density at radius 1 is 0.862 bits per heavy atom. The average Bonchev–Trinajstić information content (AvgIpc) is 3.07. The number of H-pyrrole nitrogens is 2. The second kappa shape index (κ2) is 6.34. The number of aromatic amines is 2. The molecule has 0 fully saturated rings. The summed E-state index contributed by atoms with van der Waals surface area (Å²) in [6.45, 7) is 4.21. The van der Waals surface area contributed by atoms with Gasteiger partial charge in [-0.25, -0.2) is 0 Å². The highest BCUT2D eigenvalue weighted by atomic mass is 16.1. The van der Waals surface area contributed by atoms with E-state index in [1.807, 2.05) is 30.3 Å². The lowest BCUT2D eigenvalue weighted by Gasteiger charge is -2.37. The quantitative estimate of drug-likeness (QED) is 0.605. The maximum atomic E-state index is 13.1. The minimum absolute atomic E-state index is 0.0985. The van der Waals surface area contributed by atoms with Crippen LogP contribution in [0.1, 0.15) is 43.7 Å². The minimum Gasteiger partial charge on any atom is -0.343 e. The van der Waals surface area contributed by atoms with Crippen molar-refractivity contribution in [3.63, 3.8) is 0 Å². The molecule has 1 aromatic heterocycles. The largest absolute Gasteiger partial charge is 0.343 e. The molecule has 146 valence electrons. The Kier molecular flexibility index (Phi) is 3.88. The SMILES string of the molecule is CC1(C)CC(=O)C2=C(C1)Nc1[nH][nH]c(=O)c1C2c1ccc(-c2ccccc2)cc1. The maximum Gasteiger partial charge on any atom is 0.270 e.